The summed E-state index contributed by atoms with van der Waals surface area (Å²) in [7, 11) is 0. The van der Waals surface area contributed by atoms with Crippen LogP contribution in [0.1, 0.15) is 0 Å². The highest BCUT2D eigenvalue weighted by Crippen LogP contribution is 2.27. The van der Waals surface area contributed by atoms with Gasteiger partial charge in [-0.05, 0) is 12.1 Å². The molecule has 0 saturated carbocycles. The van der Waals surface area contributed by atoms with Crippen molar-refractivity contribution in [2.45, 2.75) is 0 Å². The highest BCUT2D eigenvalue weighted by Gasteiger charge is 2.14. The fourth-order valence-corrected chi connectivity index (χ4v) is 1.49. The van der Waals surface area contributed by atoms with Crippen LogP contribution in [0.25, 0.3) is 0 Å². The first-order valence-electron chi connectivity index (χ1n) is 4.58. The van der Waals surface area contributed by atoms with Crippen molar-refractivity contribution in [3.8, 4) is 0 Å². The molecule has 3 nitrogen and oxygen atoms in total. The van der Waals surface area contributed by atoms with Crippen LogP contribution in [0.3, 0.4) is 0 Å². The minimum atomic E-state index is -1.58. The van der Waals surface area contributed by atoms with Crippen LogP contribution in [0.15, 0.2) is 18.2 Å². The van der Waals surface area contributed by atoms with Gasteiger partial charge in [-0.25, -0.2) is 13.2 Å². The molecular weight excluding hydrogens is 290 g/mol. The molecule has 0 aliphatic heterocycles. The minimum Gasteiger partial charge on any atom is -0.350 e. The van der Waals surface area contributed by atoms with Crippen molar-refractivity contribution in [1.82, 2.24) is 10.2 Å². The van der Waals surface area contributed by atoms with Crippen LogP contribution < -0.4 is 5.32 Å². The lowest BCUT2D eigenvalue weighted by molar-refractivity contribution is 0.449. The van der Waals surface area contributed by atoms with Gasteiger partial charge in [0.1, 0.15) is 0 Å². The minimum absolute atomic E-state index is 0.0184. The van der Waals surface area contributed by atoms with E-state index in [-0.39, 0.29) is 21.7 Å². The summed E-state index contributed by atoms with van der Waals surface area (Å²) in [5, 5.41) is 9.31. The van der Waals surface area contributed by atoms with E-state index in [1.807, 2.05) is 0 Å². The number of halogens is 5. The van der Waals surface area contributed by atoms with E-state index in [9.17, 15) is 13.2 Å². The lowest BCUT2D eigenvalue weighted by atomic mass is 10.2. The molecule has 2 rings (SSSR count). The van der Waals surface area contributed by atoms with Crippen molar-refractivity contribution in [3.05, 3.63) is 46.0 Å². The number of benzene rings is 1. The predicted octanol–water partition coefficient (Wildman–Crippen LogP) is 3.94. The maximum atomic E-state index is 13.4. The highest BCUT2D eigenvalue weighted by molar-refractivity contribution is 6.33. The van der Waals surface area contributed by atoms with E-state index in [2.05, 4.69) is 15.5 Å². The van der Waals surface area contributed by atoms with Gasteiger partial charge >= 0.3 is 0 Å². The SMILES string of the molecule is Fc1ccc(Nc2cc(Cl)nnc2Cl)c(F)c1F. The number of nitrogens with one attached hydrogen (secondary N) is 1. The molecule has 1 N–H and O–H groups in total. The van der Waals surface area contributed by atoms with E-state index in [0.29, 0.717) is 0 Å². The van der Waals surface area contributed by atoms with Gasteiger partial charge in [-0.2, -0.15) is 0 Å². The summed E-state index contributed by atoms with van der Waals surface area (Å²) < 4.78 is 39.1. The summed E-state index contributed by atoms with van der Waals surface area (Å²) in [5.41, 5.74) is -0.165. The smallest absolute Gasteiger partial charge is 0.196 e. The third kappa shape index (κ3) is 2.49. The quantitative estimate of drug-likeness (QED) is 0.852. The third-order valence-electron chi connectivity index (χ3n) is 2.02. The Morgan fingerprint density at radius 1 is 0.944 bits per heavy atom. The van der Waals surface area contributed by atoms with E-state index >= 15 is 0 Å². The maximum absolute atomic E-state index is 13.4. The van der Waals surface area contributed by atoms with E-state index in [4.69, 9.17) is 23.2 Å². The zero-order valence-electron chi connectivity index (χ0n) is 8.52. The molecule has 0 unspecified atom stereocenters. The zero-order chi connectivity index (χ0) is 13.3. The third-order valence-corrected chi connectivity index (χ3v) is 2.49. The summed E-state index contributed by atoms with van der Waals surface area (Å²) in [5.74, 6) is -4.22. The number of hydrogen-bond acceptors (Lipinski definition) is 3. The summed E-state index contributed by atoms with van der Waals surface area (Å²) in [6.45, 7) is 0. The number of nitrogens with zero attached hydrogens (tertiary/aromatic N) is 2. The van der Waals surface area contributed by atoms with Crippen molar-refractivity contribution in [3.63, 3.8) is 0 Å². The van der Waals surface area contributed by atoms with Gasteiger partial charge in [0.2, 0.25) is 0 Å². The van der Waals surface area contributed by atoms with Crippen molar-refractivity contribution in [2.24, 2.45) is 0 Å². The lowest BCUT2D eigenvalue weighted by Crippen LogP contribution is -2.00. The summed E-state index contributed by atoms with van der Waals surface area (Å²) in [4.78, 5) is 0. The molecule has 2 aromatic rings. The van der Waals surface area contributed by atoms with Gasteiger partial charge in [-0.3, -0.25) is 0 Å². The molecule has 0 amide bonds. The summed E-state index contributed by atoms with van der Waals surface area (Å²) in [6.07, 6.45) is 0. The Balaban J connectivity index is 2.40. The first-order chi connectivity index (χ1) is 8.49. The van der Waals surface area contributed by atoms with Gasteiger partial charge in [-0.1, -0.05) is 23.2 Å². The van der Waals surface area contributed by atoms with Crippen LogP contribution in [0.5, 0.6) is 0 Å². The Hall–Kier alpha value is -1.53. The van der Waals surface area contributed by atoms with E-state index in [1.165, 1.54) is 6.07 Å². The van der Waals surface area contributed by atoms with Crippen LogP contribution in [0.4, 0.5) is 24.5 Å². The molecule has 8 heteroatoms. The molecule has 94 valence electrons. The lowest BCUT2D eigenvalue weighted by Gasteiger charge is -2.09. The largest absolute Gasteiger partial charge is 0.350 e. The highest BCUT2D eigenvalue weighted by atomic mass is 35.5. The Morgan fingerprint density at radius 3 is 2.39 bits per heavy atom. The molecule has 1 heterocycles. The summed E-state index contributed by atoms with van der Waals surface area (Å²) in [6, 6.07) is 3.08. The first-order valence-corrected chi connectivity index (χ1v) is 5.34. The van der Waals surface area contributed by atoms with Gasteiger partial charge in [-0.15, -0.1) is 10.2 Å². The molecule has 0 spiro atoms. The number of aromatic nitrogens is 2. The van der Waals surface area contributed by atoms with Crippen LogP contribution >= 0.6 is 23.2 Å². The van der Waals surface area contributed by atoms with Crippen molar-refractivity contribution >= 4 is 34.6 Å². The van der Waals surface area contributed by atoms with Gasteiger partial charge in [0.15, 0.2) is 27.8 Å². The Kier molecular flexibility index (Phi) is 3.58. The molecule has 0 fully saturated rings. The van der Waals surface area contributed by atoms with Crippen molar-refractivity contribution < 1.29 is 13.2 Å². The van der Waals surface area contributed by atoms with E-state index in [1.54, 1.807) is 0 Å². The average Bonchev–Trinajstić information content (AvgIpc) is 2.34. The van der Waals surface area contributed by atoms with Crippen LogP contribution in [-0.2, 0) is 0 Å². The summed E-state index contributed by atoms with van der Waals surface area (Å²) >= 11 is 11.3. The van der Waals surface area contributed by atoms with Gasteiger partial charge in [0.25, 0.3) is 0 Å². The van der Waals surface area contributed by atoms with Crippen LogP contribution in [0, 0.1) is 17.5 Å². The average molecular weight is 294 g/mol. The van der Waals surface area contributed by atoms with Crippen LogP contribution in [-0.4, -0.2) is 10.2 Å². The Morgan fingerprint density at radius 2 is 1.67 bits per heavy atom. The Labute approximate surface area is 110 Å². The second-order valence-corrected chi connectivity index (χ2v) is 3.96. The Bertz CT molecular complexity index is 607. The molecule has 0 saturated heterocycles. The topological polar surface area (TPSA) is 37.8 Å². The molecule has 1 aromatic heterocycles. The fourth-order valence-electron chi connectivity index (χ4n) is 1.21. The molecule has 0 bridgehead atoms. The monoisotopic (exact) mass is 293 g/mol. The van der Waals surface area contributed by atoms with Crippen molar-refractivity contribution in [2.75, 3.05) is 5.32 Å². The maximum Gasteiger partial charge on any atom is 0.196 e. The van der Waals surface area contributed by atoms with Crippen molar-refractivity contribution in [1.29, 1.82) is 0 Å². The normalized spacial score (nSPS) is 10.5. The second-order valence-electron chi connectivity index (χ2n) is 3.22. The first kappa shape index (κ1) is 12.9. The van der Waals surface area contributed by atoms with Crippen LogP contribution in [0.2, 0.25) is 10.3 Å². The molecular formula is C10H4Cl2F3N3. The fraction of sp³-hybridized carbons (Fsp3) is 0. The number of anilines is 2. The van der Waals surface area contributed by atoms with Gasteiger partial charge < -0.3 is 5.32 Å². The van der Waals surface area contributed by atoms with E-state index < -0.39 is 17.5 Å². The standard InChI is InChI=1S/C10H4Cl2F3N3/c11-7-3-6(10(12)18-17-7)16-5-2-1-4(13)8(14)9(5)15/h1-3H,(H,16,17). The second kappa shape index (κ2) is 4.99. The molecule has 1 aromatic carbocycles. The van der Waals surface area contributed by atoms with Gasteiger partial charge in [0, 0.05) is 6.07 Å². The number of rotatable bonds is 2. The molecule has 18 heavy (non-hydrogen) atoms. The van der Waals surface area contributed by atoms with Gasteiger partial charge in [0.05, 0.1) is 11.4 Å². The molecule has 0 radical (unpaired) electrons. The molecule has 0 aliphatic rings. The molecule has 0 aliphatic carbocycles. The predicted molar refractivity (Wildman–Crippen MR) is 61.7 cm³/mol. The zero-order valence-corrected chi connectivity index (χ0v) is 10.0. The number of hydrogen-bond donors (Lipinski definition) is 1. The van der Waals surface area contributed by atoms with E-state index in [0.717, 1.165) is 12.1 Å². The molecule has 0 atom stereocenters.